The van der Waals surface area contributed by atoms with E-state index in [-0.39, 0.29) is 11.4 Å². The second-order valence-corrected chi connectivity index (χ2v) is 4.86. The van der Waals surface area contributed by atoms with Gasteiger partial charge in [0.1, 0.15) is 5.82 Å². The third-order valence-corrected chi connectivity index (χ3v) is 2.15. The Morgan fingerprint density at radius 3 is 2.56 bits per heavy atom. The predicted molar refractivity (Wildman–Crippen MR) is 63.7 cm³/mol. The van der Waals surface area contributed by atoms with Crippen molar-refractivity contribution in [1.82, 2.24) is 5.32 Å². The molecule has 0 saturated carbocycles. The molecular formula is C13H20FNO. The average Bonchev–Trinajstić information content (AvgIpc) is 2.18. The van der Waals surface area contributed by atoms with Crippen LogP contribution in [0.2, 0.25) is 0 Å². The van der Waals surface area contributed by atoms with E-state index in [0.29, 0.717) is 12.2 Å². The number of ether oxygens (including phenoxy) is 1. The van der Waals surface area contributed by atoms with Crippen LogP contribution in [0.5, 0.6) is 0 Å². The summed E-state index contributed by atoms with van der Waals surface area (Å²) >= 11 is 0. The molecule has 0 bridgehead atoms. The Hall–Kier alpha value is -0.930. The molecule has 0 aliphatic heterocycles. The number of nitrogens with one attached hydrogen (secondary N) is 1. The average molecular weight is 225 g/mol. The minimum atomic E-state index is -0.245. The van der Waals surface area contributed by atoms with Crippen LogP contribution in [0.15, 0.2) is 18.2 Å². The standard InChI is InChI=1S/C13H20FNO/c1-13(2,3)16-9-11-7-10(8-15-4)5-6-12(11)14/h5-7,15H,8-9H2,1-4H3. The van der Waals surface area contributed by atoms with Crippen LogP contribution in [0, 0.1) is 5.82 Å². The Morgan fingerprint density at radius 2 is 2.00 bits per heavy atom. The summed E-state index contributed by atoms with van der Waals surface area (Å²) in [5, 5.41) is 3.04. The van der Waals surface area contributed by atoms with E-state index in [0.717, 1.165) is 12.1 Å². The summed E-state index contributed by atoms with van der Waals surface area (Å²) in [6.45, 7) is 6.93. The van der Waals surface area contributed by atoms with Crippen molar-refractivity contribution in [2.45, 2.75) is 39.5 Å². The van der Waals surface area contributed by atoms with Gasteiger partial charge in [-0.3, -0.25) is 0 Å². The molecule has 1 N–H and O–H groups in total. The van der Waals surface area contributed by atoms with E-state index < -0.39 is 0 Å². The zero-order valence-corrected chi connectivity index (χ0v) is 10.4. The van der Waals surface area contributed by atoms with Crippen LogP contribution in [0.1, 0.15) is 31.9 Å². The fourth-order valence-electron chi connectivity index (χ4n) is 1.35. The first-order chi connectivity index (χ1) is 7.42. The van der Waals surface area contributed by atoms with E-state index in [1.54, 1.807) is 6.07 Å². The molecule has 0 saturated heterocycles. The van der Waals surface area contributed by atoms with Gasteiger partial charge in [-0.15, -0.1) is 0 Å². The van der Waals surface area contributed by atoms with Gasteiger partial charge in [-0.1, -0.05) is 6.07 Å². The molecular weight excluding hydrogens is 205 g/mol. The monoisotopic (exact) mass is 225 g/mol. The van der Waals surface area contributed by atoms with Gasteiger partial charge < -0.3 is 10.1 Å². The van der Waals surface area contributed by atoms with Gasteiger partial charge in [0.2, 0.25) is 0 Å². The highest BCUT2D eigenvalue weighted by Crippen LogP contribution is 2.16. The molecule has 0 unspecified atom stereocenters. The first-order valence-corrected chi connectivity index (χ1v) is 5.48. The first kappa shape index (κ1) is 13.1. The fraction of sp³-hybridized carbons (Fsp3) is 0.538. The van der Waals surface area contributed by atoms with Crippen molar-refractivity contribution >= 4 is 0 Å². The Bertz CT molecular complexity index is 344. The molecule has 2 nitrogen and oxygen atoms in total. The topological polar surface area (TPSA) is 21.3 Å². The minimum absolute atomic E-state index is 0.205. The van der Waals surface area contributed by atoms with Gasteiger partial charge in [0, 0.05) is 12.1 Å². The van der Waals surface area contributed by atoms with Crippen LogP contribution in [0.4, 0.5) is 4.39 Å². The van der Waals surface area contributed by atoms with Crippen LogP contribution < -0.4 is 5.32 Å². The zero-order valence-electron chi connectivity index (χ0n) is 10.4. The minimum Gasteiger partial charge on any atom is -0.371 e. The molecule has 0 spiro atoms. The lowest BCUT2D eigenvalue weighted by Gasteiger charge is -2.20. The van der Waals surface area contributed by atoms with E-state index in [1.807, 2.05) is 33.9 Å². The number of hydrogen-bond acceptors (Lipinski definition) is 2. The molecule has 0 atom stereocenters. The van der Waals surface area contributed by atoms with E-state index in [2.05, 4.69) is 5.32 Å². The Balaban J connectivity index is 2.74. The lowest BCUT2D eigenvalue weighted by molar-refractivity contribution is -0.0161. The van der Waals surface area contributed by atoms with Crippen LogP contribution >= 0.6 is 0 Å². The number of benzene rings is 1. The van der Waals surface area contributed by atoms with E-state index in [9.17, 15) is 4.39 Å². The quantitative estimate of drug-likeness (QED) is 0.850. The highest BCUT2D eigenvalue weighted by Gasteiger charge is 2.12. The van der Waals surface area contributed by atoms with Gasteiger partial charge in [-0.25, -0.2) is 4.39 Å². The van der Waals surface area contributed by atoms with Crippen molar-refractivity contribution in [2.24, 2.45) is 0 Å². The molecule has 0 fully saturated rings. The van der Waals surface area contributed by atoms with Gasteiger partial charge in [0.05, 0.1) is 12.2 Å². The SMILES string of the molecule is CNCc1ccc(F)c(COC(C)(C)C)c1. The summed E-state index contributed by atoms with van der Waals surface area (Å²) in [5.74, 6) is -0.205. The molecule has 0 heterocycles. The third-order valence-electron chi connectivity index (χ3n) is 2.15. The second-order valence-electron chi connectivity index (χ2n) is 4.86. The molecule has 0 amide bonds. The van der Waals surface area contributed by atoms with Crippen molar-refractivity contribution in [2.75, 3.05) is 7.05 Å². The molecule has 16 heavy (non-hydrogen) atoms. The van der Waals surface area contributed by atoms with Gasteiger partial charge in [-0.05, 0) is 45.5 Å². The van der Waals surface area contributed by atoms with Gasteiger partial charge in [0.15, 0.2) is 0 Å². The smallest absolute Gasteiger partial charge is 0.128 e. The Morgan fingerprint density at radius 1 is 1.31 bits per heavy atom. The van der Waals surface area contributed by atoms with Crippen molar-refractivity contribution in [3.63, 3.8) is 0 Å². The maximum Gasteiger partial charge on any atom is 0.128 e. The molecule has 1 aromatic carbocycles. The lowest BCUT2D eigenvalue weighted by Crippen LogP contribution is -2.19. The number of hydrogen-bond donors (Lipinski definition) is 1. The summed E-state index contributed by atoms with van der Waals surface area (Å²) < 4.78 is 19.1. The van der Waals surface area contributed by atoms with Crippen molar-refractivity contribution in [1.29, 1.82) is 0 Å². The summed E-state index contributed by atoms with van der Waals surface area (Å²) in [7, 11) is 1.87. The van der Waals surface area contributed by atoms with Gasteiger partial charge >= 0.3 is 0 Å². The number of halogens is 1. The molecule has 0 radical (unpaired) electrons. The molecule has 0 aromatic heterocycles. The molecule has 0 aliphatic carbocycles. The van der Waals surface area contributed by atoms with Crippen LogP contribution in [-0.2, 0) is 17.9 Å². The van der Waals surface area contributed by atoms with Crippen LogP contribution in [0.25, 0.3) is 0 Å². The van der Waals surface area contributed by atoms with Crippen LogP contribution in [-0.4, -0.2) is 12.6 Å². The summed E-state index contributed by atoms with van der Waals surface area (Å²) in [4.78, 5) is 0. The molecule has 0 aliphatic rings. The maximum absolute atomic E-state index is 13.5. The lowest BCUT2D eigenvalue weighted by atomic mass is 10.1. The zero-order chi connectivity index (χ0) is 12.2. The van der Waals surface area contributed by atoms with E-state index >= 15 is 0 Å². The Kier molecular flexibility index (Phi) is 4.44. The highest BCUT2D eigenvalue weighted by molar-refractivity contribution is 5.24. The second kappa shape index (κ2) is 5.41. The van der Waals surface area contributed by atoms with Gasteiger partial charge in [0.25, 0.3) is 0 Å². The summed E-state index contributed by atoms with van der Waals surface area (Å²) in [6, 6.07) is 5.12. The molecule has 1 aromatic rings. The van der Waals surface area contributed by atoms with E-state index in [1.165, 1.54) is 6.07 Å². The third kappa shape index (κ3) is 4.29. The Labute approximate surface area is 96.8 Å². The van der Waals surface area contributed by atoms with Crippen molar-refractivity contribution < 1.29 is 9.13 Å². The van der Waals surface area contributed by atoms with Crippen LogP contribution in [0.3, 0.4) is 0 Å². The highest BCUT2D eigenvalue weighted by atomic mass is 19.1. The van der Waals surface area contributed by atoms with Crippen molar-refractivity contribution in [3.8, 4) is 0 Å². The summed E-state index contributed by atoms with van der Waals surface area (Å²) in [5.41, 5.74) is 1.44. The molecule has 90 valence electrons. The first-order valence-electron chi connectivity index (χ1n) is 5.48. The van der Waals surface area contributed by atoms with Gasteiger partial charge in [-0.2, -0.15) is 0 Å². The molecule has 3 heteroatoms. The molecule has 1 rings (SSSR count). The normalized spacial score (nSPS) is 11.8. The van der Waals surface area contributed by atoms with E-state index in [4.69, 9.17) is 4.74 Å². The largest absolute Gasteiger partial charge is 0.371 e. The number of rotatable bonds is 4. The van der Waals surface area contributed by atoms with Crippen molar-refractivity contribution in [3.05, 3.63) is 35.1 Å². The summed E-state index contributed by atoms with van der Waals surface area (Å²) in [6.07, 6.45) is 0. The predicted octanol–water partition coefficient (Wildman–Crippen LogP) is 2.86. The maximum atomic E-state index is 13.5. The fourth-order valence-corrected chi connectivity index (χ4v) is 1.35.